The van der Waals surface area contributed by atoms with E-state index in [1.165, 1.54) is 0 Å². The SMILES string of the molecule is CCn1cccc1C(=O)NC1C2CCC(C2)C1C(=O)O. The zero-order valence-corrected chi connectivity index (χ0v) is 11.6. The van der Waals surface area contributed by atoms with Crippen LogP contribution in [0.25, 0.3) is 0 Å². The van der Waals surface area contributed by atoms with Gasteiger partial charge in [-0.25, -0.2) is 0 Å². The van der Waals surface area contributed by atoms with Gasteiger partial charge in [0.25, 0.3) is 5.91 Å². The second kappa shape index (κ2) is 4.96. The van der Waals surface area contributed by atoms with Crippen molar-refractivity contribution in [2.75, 3.05) is 0 Å². The van der Waals surface area contributed by atoms with E-state index < -0.39 is 11.9 Å². The molecule has 5 heteroatoms. The van der Waals surface area contributed by atoms with E-state index >= 15 is 0 Å². The van der Waals surface area contributed by atoms with E-state index in [-0.39, 0.29) is 17.9 Å². The monoisotopic (exact) mass is 276 g/mol. The van der Waals surface area contributed by atoms with Crippen molar-refractivity contribution in [1.29, 1.82) is 0 Å². The number of nitrogens with one attached hydrogen (secondary N) is 1. The summed E-state index contributed by atoms with van der Waals surface area (Å²) in [7, 11) is 0. The van der Waals surface area contributed by atoms with Crippen molar-refractivity contribution in [3.8, 4) is 0 Å². The zero-order chi connectivity index (χ0) is 14.3. The van der Waals surface area contributed by atoms with Gasteiger partial charge in [0.2, 0.25) is 0 Å². The van der Waals surface area contributed by atoms with Crippen molar-refractivity contribution in [3.05, 3.63) is 24.0 Å². The summed E-state index contributed by atoms with van der Waals surface area (Å²) in [6.07, 6.45) is 4.83. The van der Waals surface area contributed by atoms with Crippen molar-refractivity contribution in [3.63, 3.8) is 0 Å². The highest BCUT2D eigenvalue weighted by molar-refractivity contribution is 5.93. The van der Waals surface area contributed by atoms with Crippen molar-refractivity contribution in [2.45, 2.75) is 38.8 Å². The molecular weight excluding hydrogens is 256 g/mol. The van der Waals surface area contributed by atoms with E-state index in [1.807, 2.05) is 23.8 Å². The van der Waals surface area contributed by atoms with Crippen LogP contribution in [0.1, 0.15) is 36.7 Å². The van der Waals surface area contributed by atoms with Crippen LogP contribution in [-0.4, -0.2) is 27.6 Å². The first-order chi connectivity index (χ1) is 9.61. The molecule has 1 aromatic rings. The number of amides is 1. The number of hydrogen-bond donors (Lipinski definition) is 2. The third kappa shape index (κ3) is 2.01. The first-order valence-corrected chi connectivity index (χ1v) is 7.30. The Morgan fingerprint density at radius 2 is 2.15 bits per heavy atom. The highest BCUT2D eigenvalue weighted by Crippen LogP contribution is 2.48. The molecule has 2 saturated carbocycles. The number of carboxylic acid groups (broad SMARTS) is 1. The van der Waals surface area contributed by atoms with Crippen molar-refractivity contribution in [2.24, 2.45) is 17.8 Å². The molecular formula is C15H20N2O3. The lowest BCUT2D eigenvalue weighted by atomic mass is 9.84. The van der Waals surface area contributed by atoms with Gasteiger partial charge in [-0.05, 0) is 50.2 Å². The van der Waals surface area contributed by atoms with Gasteiger partial charge in [0.15, 0.2) is 0 Å². The maximum Gasteiger partial charge on any atom is 0.308 e. The van der Waals surface area contributed by atoms with Crippen LogP contribution in [0, 0.1) is 17.8 Å². The largest absolute Gasteiger partial charge is 0.481 e. The highest BCUT2D eigenvalue weighted by atomic mass is 16.4. The molecule has 1 heterocycles. The van der Waals surface area contributed by atoms with Gasteiger partial charge in [-0.15, -0.1) is 0 Å². The van der Waals surface area contributed by atoms with Crippen molar-refractivity contribution < 1.29 is 14.7 Å². The minimum absolute atomic E-state index is 0.152. The van der Waals surface area contributed by atoms with Crippen LogP contribution >= 0.6 is 0 Å². The average molecular weight is 276 g/mol. The lowest BCUT2D eigenvalue weighted by molar-refractivity contribution is -0.144. The fourth-order valence-electron chi connectivity index (χ4n) is 3.98. The fourth-order valence-corrected chi connectivity index (χ4v) is 3.98. The van der Waals surface area contributed by atoms with E-state index in [0.29, 0.717) is 11.6 Å². The number of hydrogen-bond acceptors (Lipinski definition) is 2. The molecule has 1 amide bonds. The Hall–Kier alpha value is -1.78. The van der Waals surface area contributed by atoms with Crippen LogP contribution in [0.15, 0.2) is 18.3 Å². The lowest BCUT2D eigenvalue weighted by Gasteiger charge is -2.29. The number of carboxylic acids is 1. The second-order valence-corrected chi connectivity index (χ2v) is 5.88. The number of rotatable bonds is 4. The summed E-state index contributed by atoms with van der Waals surface area (Å²) in [5, 5.41) is 12.4. The summed E-state index contributed by atoms with van der Waals surface area (Å²) in [6, 6.07) is 3.41. The third-order valence-corrected chi connectivity index (χ3v) is 4.90. The molecule has 4 unspecified atom stereocenters. The summed E-state index contributed by atoms with van der Waals surface area (Å²) >= 11 is 0. The molecule has 108 valence electrons. The number of aliphatic carboxylic acids is 1. The molecule has 0 aliphatic heterocycles. The zero-order valence-electron chi connectivity index (χ0n) is 11.6. The van der Waals surface area contributed by atoms with Gasteiger partial charge in [0.05, 0.1) is 5.92 Å². The molecule has 20 heavy (non-hydrogen) atoms. The summed E-state index contributed by atoms with van der Waals surface area (Å²) in [6.45, 7) is 2.71. The first kappa shape index (κ1) is 13.2. The van der Waals surface area contributed by atoms with E-state index in [9.17, 15) is 14.7 Å². The predicted molar refractivity (Wildman–Crippen MR) is 73.3 cm³/mol. The molecule has 0 aromatic carbocycles. The molecule has 2 N–H and O–H groups in total. The predicted octanol–water partition coefficient (Wildman–Crippen LogP) is 1.74. The molecule has 2 aliphatic rings. The summed E-state index contributed by atoms with van der Waals surface area (Å²) in [5.41, 5.74) is 0.611. The van der Waals surface area contributed by atoms with Crippen molar-refractivity contribution >= 4 is 11.9 Å². The number of aryl methyl sites for hydroxylation is 1. The van der Waals surface area contributed by atoms with Gasteiger partial charge < -0.3 is 15.0 Å². The molecule has 2 aliphatic carbocycles. The Morgan fingerprint density at radius 1 is 1.40 bits per heavy atom. The van der Waals surface area contributed by atoms with Gasteiger partial charge in [-0.2, -0.15) is 0 Å². The smallest absolute Gasteiger partial charge is 0.308 e. The lowest BCUT2D eigenvalue weighted by Crippen LogP contribution is -2.47. The molecule has 0 saturated heterocycles. The molecule has 5 nitrogen and oxygen atoms in total. The van der Waals surface area contributed by atoms with E-state index in [0.717, 1.165) is 25.8 Å². The first-order valence-electron chi connectivity index (χ1n) is 7.30. The van der Waals surface area contributed by atoms with Gasteiger partial charge in [-0.1, -0.05) is 0 Å². The standard InChI is InChI=1S/C15H20N2O3/c1-2-17-7-3-4-11(17)14(18)16-13-10-6-5-9(8-10)12(13)15(19)20/h3-4,7,9-10,12-13H,2,5-6,8H2,1H3,(H,16,18)(H,19,20). The third-order valence-electron chi connectivity index (χ3n) is 4.90. The van der Waals surface area contributed by atoms with Crippen LogP contribution < -0.4 is 5.32 Å². The van der Waals surface area contributed by atoms with Gasteiger partial charge in [0, 0.05) is 18.8 Å². The second-order valence-electron chi connectivity index (χ2n) is 5.88. The summed E-state index contributed by atoms with van der Waals surface area (Å²) < 4.78 is 1.87. The van der Waals surface area contributed by atoms with Crippen LogP contribution in [0.3, 0.4) is 0 Å². The molecule has 2 fully saturated rings. The molecule has 0 spiro atoms. The Balaban J connectivity index is 1.77. The van der Waals surface area contributed by atoms with Gasteiger partial charge in [-0.3, -0.25) is 9.59 Å². The van der Waals surface area contributed by atoms with E-state index in [1.54, 1.807) is 6.07 Å². The van der Waals surface area contributed by atoms with Crippen LogP contribution in [0.5, 0.6) is 0 Å². The topological polar surface area (TPSA) is 71.3 Å². The Bertz CT molecular complexity index is 537. The highest BCUT2D eigenvalue weighted by Gasteiger charge is 2.51. The molecule has 1 aromatic heterocycles. The normalized spacial score (nSPS) is 31.4. The number of aromatic nitrogens is 1. The minimum atomic E-state index is -0.770. The van der Waals surface area contributed by atoms with Crippen LogP contribution in [0.4, 0.5) is 0 Å². The average Bonchev–Trinajstić information content (AvgIpc) is 3.12. The van der Waals surface area contributed by atoms with Gasteiger partial charge in [0.1, 0.15) is 5.69 Å². The minimum Gasteiger partial charge on any atom is -0.481 e. The number of nitrogens with zero attached hydrogens (tertiary/aromatic N) is 1. The van der Waals surface area contributed by atoms with Crippen LogP contribution in [-0.2, 0) is 11.3 Å². The molecule has 4 atom stereocenters. The quantitative estimate of drug-likeness (QED) is 0.880. The van der Waals surface area contributed by atoms with Gasteiger partial charge >= 0.3 is 5.97 Å². The Kier molecular flexibility index (Phi) is 3.28. The van der Waals surface area contributed by atoms with E-state index in [2.05, 4.69) is 5.32 Å². The van der Waals surface area contributed by atoms with Crippen molar-refractivity contribution in [1.82, 2.24) is 9.88 Å². The van der Waals surface area contributed by atoms with E-state index in [4.69, 9.17) is 0 Å². The molecule has 3 rings (SSSR count). The summed E-state index contributed by atoms with van der Waals surface area (Å²) in [4.78, 5) is 23.8. The fraction of sp³-hybridized carbons (Fsp3) is 0.600. The molecule has 2 bridgehead atoms. The number of fused-ring (bicyclic) bond motifs is 2. The maximum atomic E-state index is 12.4. The Morgan fingerprint density at radius 3 is 2.85 bits per heavy atom. The Labute approximate surface area is 118 Å². The summed E-state index contributed by atoms with van der Waals surface area (Å²) in [5.74, 6) is -0.771. The molecule has 0 radical (unpaired) electrons. The number of carbonyl (C=O) groups excluding carboxylic acids is 1. The maximum absolute atomic E-state index is 12.4. The van der Waals surface area contributed by atoms with Crippen LogP contribution in [0.2, 0.25) is 0 Å². The number of carbonyl (C=O) groups is 2.